The quantitative estimate of drug-likeness (QED) is 0.695. The van der Waals surface area contributed by atoms with Gasteiger partial charge in [0.1, 0.15) is 5.82 Å². The second-order valence-corrected chi connectivity index (χ2v) is 3.07. The zero-order chi connectivity index (χ0) is 8.27. The molecule has 0 aliphatic heterocycles. The Balaban J connectivity index is 2.93. The van der Waals surface area contributed by atoms with E-state index in [0.717, 1.165) is 5.33 Å². The normalized spacial score (nSPS) is 13.0. The number of halogens is 2. The molecular formula is C8H9BrFN. The van der Waals surface area contributed by atoms with Crippen molar-refractivity contribution in [2.75, 3.05) is 5.33 Å². The summed E-state index contributed by atoms with van der Waals surface area (Å²) in [5.74, 6) is -0.0874. The van der Waals surface area contributed by atoms with Gasteiger partial charge in [-0.3, -0.25) is 4.98 Å². The van der Waals surface area contributed by atoms with E-state index in [1.54, 1.807) is 12.3 Å². The van der Waals surface area contributed by atoms with Crippen LogP contribution in [0.4, 0.5) is 4.39 Å². The monoisotopic (exact) mass is 217 g/mol. The summed E-state index contributed by atoms with van der Waals surface area (Å²) in [4.78, 5) is 3.94. The largest absolute Gasteiger partial charge is 0.258 e. The van der Waals surface area contributed by atoms with Gasteiger partial charge in [-0.15, -0.1) is 0 Å². The van der Waals surface area contributed by atoms with Crippen LogP contribution < -0.4 is 0 Å². The molecule has 0 amide bonds. The van der Waals surface area contributed by atoms with E-state index >= 15 is 0 Å². The maximum atomic E-state index is 12.9. The minimum atomic E-state index is -0.223. The van der Waals surface area contributed by atoms with Gasteiger partial charge in [-0.2, -0.15) is 0 Å². The standard InChI is InChI=1S/C8H9BrFN/c1-6(5-9)8-7(10)3-2-4-11-8/h2-4,6H,5H2,1H3. The highest BCUT2D eigenvalue weighted by molar-refractivity contribution is 9.09. The van der Waals surface area contributed by atoms with Crippen LogP contribution in [-0.4, -0.2) is 10.3 Å². The lowest BCUT2D eigenvalue weighted by molar-refractivity contribution is 0.586. The van der Waals surface area contributed by atoms with Crippen molar-refractivity contribution in [3.8, 4) is 0 Å². The Hall–Kier alpha value is -0.440. The molecule has 0 spiro atoms. The molecule has 1 aromatic heterocycles. The van der Waals surface area contributed by atoms with Crippen molar-refractivity contribution < 1.29 is 4.39 Å². The third-order valence-electron chi connectivity index (χ3n) is 1.49. The third kappa shape index (κ3) is 1.99. The Bertz CT molecular complexity index is 239. The van der Waals surface area contributed by atoms with Crippen molar-refractivity contribution in [3.05, 3.63) is 29.8 Å². The Morgan fingerprint density at radius 3 is 3.00 bits per heavy atom. The van der Waals surface area contributed by atoms with Crippen LogP contribution in [0.5, 0.6) is 0 Å². The second kappa shape index (κ2) is 3.81. The molecule has 1 rings (SSSR count). The van der Waals surface area contributed by atoms with E-state index < -0.39 is 0 Å². The van der Waals surface area contributed by atoms with Gasteiger partial charge in [0, 0.05) is 17.4 Å². The third-order valence-corrected chi connectivity index (χ3v) is 2.46. The molecule has 60 valence electrons. The predicted octanol–water partition coefficient (Wildman–Crippen LogP) is 2.72. The first-order valence-corrected chi connectivity index (χ1v) is 4.54. The summed E-state index contributed by atoms with van der Waals surface area (Å²) in [5, 5.41) is 0.737. The highest BCUT2D eigenvalue weighted by Gasteiger charge is 2.09. The predicted molar refractivity (Wildman–Crippen MR) is 46.4 cm³/mol. The molecule has 1 aromatic rings. The summed E-state index contributed by atoms with van der Waals surface area (Å²) in [6.45, 7) is 1.93. The molecule has 0 N–H and O–H groups in total. The van der Waals surface area contributed by atoms with Crippen LogP contribution in [-0.2, 0) is 0 Å². The van der Waals surface area contributed by atoms with Crippen LogP contribution in [0.15, 0.2) is 18.3 Å². The highest BCUT2D eigenvalue weighted by atomic mass is 79.9. The summed E-state index contributed by atoms with van der Waals surface area (Å²) < 4.78 is 12.9. The van der Waals surface area contributed by atoms with Crippen LogP contribution in [0.2, 0.25) is 0 Å². The lowest BCUT2D eigenvalue weighted by Gasteiger charge is -2.06. The van der Waals surface area contributed by atoms with E-state index in [4.69, 9.17) is 0 Å². The molecule has 0 aliphatic carbocycles. The fourth-order valence-corrected chi connectivity index (χ4v) is 1.14. The van der Waals surface area contributed by atoms with Crippen LogP contribution in [0.1, 0.15) is 18.5 Å². The number of hydrogen-bond donors (Lipinski definition) is 0. The van der Waals surface area contributed by atoms with E-state index in [2.05, 4.69) is 20.9 Å². The Morgan fingerprint density at radius 2 is 2.45 bits per heavy atom. The van der Waals surface area contributed by atoms with Crippen molar-refractivity contribution >= 4 is 15.9 Å². The number of alkyl halides is 1. The molecule has 1 nitrogen and oxygen atoms in total. The SMILES string of the molecule is CC(CBr)c1ncccc1F. The van der Waals surface area contributed by atoms with Gasteiger partial charge in [0.05, 0.1) is 5.69 Å². The van der Waals surface area contributed by atoms with Crippen molar-refractivity contribution in [3.63, 3.8) is 0 Å². The Kier molecular flexibility index (Phi) is 3.00. The van der Waals surface area contributed by atoms with Crippen LogP contribution >= 0.6 is 15.9 Å². The summed E-state index contributed by atoms with van der Waals surface area (Å²) in [6.07, 6.45) is 1.61. The molecule has 0 aromatic carbocycles. The average molecular weight is 218 g/mol. The van der Waals surface area contributed by atoms with Gasteiger partial charge in [0.2, 0.25) is 0 Å². The number of rotatable bonds is 2. The Labute approximate surface area is 73.8 Å². The van der Waals surface area contributed by atoms with E-state index in [-0.39, 0.29) is 11.7 Å². The summed E-state index contributed by atoms with van der Waals surface area (Å²) in [7, 11) is 0. The van der Waals surface area contributed by atoms with E-state index in [1.807, 2.05) is 6.92 Å². The molecule has 0 fully saturated rings. The first kappa shape index (κ1) is 8.65. The first-order chi connectivity index (χ1) is 5.25. The zero-order valence-corrected chi connectivity index (χ0v) is 7.81. The topological polar surface area (TPSA) is 12.9 Å². The average Bonchev–Trinajstić information content (AvgIpc) is 2.04. The molecule has 0 saturated carbocycles. The van der Waals surface area contributed by atoms with Crippen LogP contribution in [0.3, 0.4) is 0 Å². The van der Waals surface area contributed by atoms with Gasteiger partial charge < -0.3 is 0 Å². The van der Waals surface area contributed by atoms with Crippen molar-refractivity contribution in [2.24, 2.45) is 0 Å². The van der Waals surface area contributed by atoms with Crippen molar-refractivity contribution in [1.82, 2.24) is 4.98 Å². The maximum Gasteiger partial charge on any atom is 0.144 e. The van der Waals surface area contributed by atoms with Crippen LogP contribution in [0.25, 0.3) is 0 Å². The lowest BCUT2D eigenvalue weighted by Crippen LogP contribution is -2.00. The molecule has 1 unspecified atom stereocenters. The number of nitrogens with zero attached hydrogens (tertiary/aromatic N) is 1. The minimum Gasteiger partial charge on any atom is -0.258 e. The van der Waals surface area contributed by atoms with Crippen LogP contribution in [0, 0.1) is 5.82 Å². The molecular weight excluding hydrogens is 209 g/mol. The molecule has 0 saturated heterocycles. The molecule has 11 heavy (non-hydrogen) atoms. The molecule has 0 aliphatic rings. The fraction of sp³-hybridized carbons (Fsp3) is 0.375. The van der Waals surface area contributed by atoms with Gasteiger partial charge in [-0.25, -0.2) is 4.39 Å². The van der Waals surface area contributed by atoms with E-state index in [0.29, 0.717) is 5.69 Å². The molecule has 1 heterocycles. The van der Waals surface area contributed by atoms with Gasteiger partial charge in [-0.1, -0.05) is 22.9 Å². The zero-order valence-electron chi connectivity index (χ0n) is 6.22. The van der Waals surface area contributed by atoms with Crippen molar-refractivity contribution in [1.29, 1.82) is 0 Å². The highest BCUT2D eigenvalue weighted by Crippen LogP contribution is 2.17. The van der Waals surface area contributed by atoms with Crippen molar-refractivity contribution in [2.45, 2.75) is 12.8 Å². The molecule has 3 heteroatoms. The van der Waals surface area contributed by atoms with E-state index in [1.165, 1.54) is 6.07 Å². The van der Waals surface area contributed by atoms with Gasteiger partial charge in [0.15, 0.2) is 0 Å². The summed E-state index contributed by atoms with van der Waals surface area (Å²) >= 11 is 3.28. The maximum absolute atomic E-state index is 12.9. The molecule has 1 atom stereocenters. The molecule has 0 radical (unpaired) electrons. The smallest absolute Gasteiger partial charge is 0.144 e. The summed E-state index contributed by atoms with van der Waals surface area (Å²) in [6, 6.07) is 3.03. The Morgan fingerprint density at radius 1 is 1.73 bits per heavy atom. The van der Waals surface area contributed by atoms with E-state index in [9.17, 15) is 4.39 Å². The lowest BCUT2D eigenvalue weighted by atomic mass is 10.1. The van der Waals surface area contributed by atoms with Gasteiger partial charge >= 0.3 is 0 Å². The van der Waals surface area contributed by atoms with Gasteiger partial charge in [0.25, 0.3) is 0 Å². The van der Waals surface area contributed by atoms with Gasteiger partial charge in [-0.05, 0) is 12.1 Å². The minimum absolute atomic E-state index is 0.135. The number of pyridine rings is 1. The summed E-state index contributed by atoms with van der Waals surface area (Å²) in [5.41, 5.74) is 0.532. The number of hydrogen-bond acceptors (Lipinski definition) is 1. The first-order valence-electron chi connectivity index (χ1n) is 3.42. The second-order valence-electron chi connectivity index (χ2n) is 2.43. The number of aromatic nitrogens is 1. The fourth-order valence-electron chi connectivity index (χ4n) is 0.834. The molecule has 0 bridgehead atoms.